The van der Waals surface area contributed by atoms with Gasteiger partial charge in [0.2, 0.25) is 5.91 Å². The highest BCUT2D eigenvalue weighted by Gasteiger charge is 2.14. The zero-order valence-electron chi connectivity index (χ0n) is 12.3. The summed E-state index contributed by atoms with van der Waals surface area (Å²) < 4.78 is 0. The van der Waals surface area contributed by atoms with E-state index in [-0.39, 0.29) is 12.5 Å². The quantitative estimate of drug-likeness (QED) is 0.892. The summed E-state index contributed by atoms with van der Waals surface area (Å²) in [4.78, 5) is 17.7. The Morgan fingerprint density at radius 1 is 1.38 bits per heavy atom. The summed E-state index contributed by atoms with van der Waals surface area (Å²) in [6.45, 7) is 5.92. The summed E-state index contributed by atoms with van der Waals surface area (Å²) in [6.07, 6.45) is 1.75. The fourth-order valence-electron chi connectivity index (χ4n) is 2.49. The summed E-state index contributed by atoms with van der Waals surface area (Å²) in [5.74, 6) is 0.137. The van der Waals surface area contributed by atoms with E-state index in [1.807, 2.05) is 29.2 Å². The Hall–Kier alpha value is -1.65. The lowest BCUT2D eigenvalue weighted by molar-refractivity contribution is -0.119. The van der Waals surface area contributed by atoms with Crippen molar-refractivity contribution in [3.8, 4) is 0 Å². The van der Waals surface area contributed by atoms with Crippen molar-refractivity contribution < 1.29 is 4.79 Å². The van der Waals surface area contributed by atoms with Crippen LogP contribution in [0.5, 0.6) is 0 Å². The summed E-state index contributed by atoms with van der Waals surface area (Å²) in [7, 11) is 0. The Bertz CT molecular complexity index is 642. The maximum Gasteiger partial charge on any atom is 0.231 e. The minimum atomic E-state index is -0.318. The van der Waals surface area contributed by atoms with Gasteiger partial charge in [0, 0.05) is 29.7 Å². The zero-order valence-corrected chi connectivity index (χ0v) is 13.1. The maximum atomic E-state index is 11.2. The van der Waals surface area contributed by atoms with Crippen LogP contribution in [-0.4, -0.2) is 28.9 Å². The number of hydrogen-bond donors (Lipinski definition) is 1. The van der Waals surface area contributed by atoms with Crippen molar-refractivity contribution in [1.29, 1.82) is 0 Å². The van der Waals surface area contributed by atoms with Crippen LogP contribution in [0.3, 0.4) is 0 Å². The number of amides is 1. The molecule has 1 heterocycles. The molecule has 2 rings (SSSR count). The fourth-order valence-corrected chi connectivity index (χ4v) is 2.70. The molecule has 0 unspecified atom stereocenters. The molecule has 0 saturated heterocycles. The van der Waals surface area contributed by atoms with Gasteiger partial charge in [-0.05, 0) is 29.7 Å². The Balaban J connectivity index is 2.32. The number of aromatic nitrogens is 1. The molecule has 112 valence electrons. The molecule has 0 radical (unpaired) electrons. The molecule has 4 nitrogen and oxygen atoms in total. The molecule has 0 atom stereocenters. The number of primary amides is 1. The summed E-state index contributed by atoms with van der Waals surface area (Å²) in [5, 5.41) is 1.62. The van der Waals surface area contributed by atoms with Gasteiger partial charge in [0.15, 0.2) is 0 Å². The van der Waals surface area contributed by atoms with Gasteiger partial charge in [0.25, 0.3) is 0 Å². The monoisotopic (exact) mass is 305 g/mol. The predicted octanol–water partition coefficient (Wildman–Crippen LogP) is 2.83. The molecule has 0 bridgehead atoms. The van der Waals surface area contributed by atoms with Gasteiger partial charge in [0.1, 0.15) is 0 Å². The van der Waals surface area contributed by atoms with Gasteiger partial charge >= 0.3 is 0 Å². The first-order valence-corrected chi connectivity index (χ1v) is 7.38. The van der Waals surface area contributed by atoms with Crippen LogP contribution in [0.2, 0.25) is 5.02 Å². The molecule has 0 aliphatic heterocycles. The number of carbonyl (C=O) groups is 1. The number of carbonyl (C=O) groups excluding carboxylic acids is 1. The van der Waals surface area contributed by atoms with Crippen LogP contribution in [0.4, 0.5) is 0 Å². The van der Waals surface area contributed by atoms with Crippen LogP contribution in [0.1, 0.15) is 19.4 Å². The molecule has 0 saturated carbocycles. The van der Waals surface area contributed by atoms with E-state index in [2.05, 4.69) is 18.8 Å². The van der Waals surface area contributed by atoms with Crippen molar-refractivity contribution in [3.05, 3.63) is 41.0 Å². The minimum absolute atomic E-state index is 0.245. The molecule has 5 heteroatoms. The molecule has 1 amide bonds. The molecule has 0 fully saturated rings. The van der Waals surface area contributed by atoms with Crippen LogP contribution >= 0.6 is 11.6 Å². The first-order valence-electron chi connectivity index (χ1n) is 7.00. The van der Waals surface area contributed by atoms with E-state index in [1.165, 1.54) is 0 Å². The molecule has 0 aliphatic carbocycles. The van der Waals surface area contributed by atoms with Gasteiger partial charge in [-0.2, -0.15) is 0 Å². The molecule has 0 aliphatic rings. The van der Waals surface area contributed by atoms with E-state index in [1.54, 1.807) is 6.20 Å². The molecular weight excluding hydrogens is 286 g/mol. The molecular formula is C16H20ClN3O. The average molecular weight is 306 g/mol. The Kier molecular flexibility index (Phi) is 5.15. The molecule has 21 heavy (non-hydrogen) atoms. The van der Waals surface area contributed by atoms with Gasteiger partial charge in [-0.1, -0.05) is 31.5 Å². The van der Waals surface area contributed by atoms with Gasteiger partial charge < -0.3 is 5.73 Å². The maximum absolute atomic E-state index is 11.2. The summed E-state index contributed by atoms with van der Waals surface area (Å²) >= 11 is 6.21. The van der Waals surface area contributed by atoms with Crippen LogP contribution in [0.15, 0.2) is 30.5 Å². The first-order chi connectivity index (χ1) is 9.97. The average Bonchev–Trinajstić information content (AvgIpc) is 2.41. The van der Waals surface area contributed by atoms with Gasteiger partial charge in [-0.3, -0.25) is 14.7 Å². The lowest BCUT2D eigenvalue weighted by Crippen LogP contribution is -2.35. The van der Waals surface area contributed by atoms with E-state index in [9.17, 15) is 4.79 Å². The number of nitrogens with zero attached hydrogens (tertiary/aromatic N) is 2. The van der Waals surface area contributed by atoms with E-state index < -0.39 is 0 Å². The van der Waals surface area contributed by atoms with Crippen LogP contribution in [0.25, 0.3) is 10.9 Å². The summed E-state index contributed by atoms with van der Waals surface area (Å²) in [5.41, 5.74) is 7.27. The highest BCUT2D eigenvalue weighted by molar-refractivity contribution is 6.35. The lowest BCUT2D eigenvalue weighted by atomic mass is 10.1. The Labute approximate surface area is 129 Å². The van der Waals surface area contributed by atoms with Crippen LogP contribution in [0, 0.1) is 5.92 Å². The van der Waals surface area contributed by atoms with E-state index in [0.29, 0.717) is 17.5 Å². The third-order valence-corrected chi connectivity index (χ3v) is 3.53. The van der Waals surface area contributed by atoms with Crippen molar-refractivity contribution in [2.24, 2.45) is 11.7 Å². The second-order valence-corrected chi connectivity index (χ2v) is 6.04. The Morgan fingerprint density at radius 3 is 2.81 bits per heavy atom. The third kappa shape index (κ3) is 4.16. The van der Waals surface area contributed by atoms with Crippen LogP contribution in [-0.2, 0) is 11.3 Å². The normalized spacial score (nSPS) is 11.5. The predicted molar refractivity (Wildman–Crippen MR) is 86.1 cm³/mol. The highest BCUT2D eigenvalue weighted by atomic mass is 35.5. The third-order valence-electron chi connectivity index (χ3n) is 3.20. The molecule has 1 aromatic carbocycles. The zero-order chi connectivity index (χ0) is 15.4. The van der Waals surface area contributed by atoms with Crippen molar-refractivity contribution in [2.75, 3.05) is 13.1 Å². The largest absolute Gasteiger partial charge is 0.369 e. The van der Waals surface area contributed by atoms with Crippen LogP contribution < -0.4 is 5.73 Å². The highest BCUT2D eigenvalue weighted by Crippen LogP contribution is 2.25. The van der Waals surface area contributed by atoms with Gasteiger partial charge in [0.05, 0.1) is 12.1 Å². The second kappa shape index (κ2) is 6.87. The second-order valence-electron chi connectivity index (χ2n) is 5.64. The van der Waals surface area contributed by atoms with E-state index in [4.69, 9.17) is 17.3 Å². The lowest BCUT2D eigenvalue weighted by Gasteiger charge is -2.23. The number of nitrogens with two attached hydrogens (primary N) is 1. The standard InChI is InChI=1S/C16H20ClN3O/c1-11(2)8-20(10-15(18)21)9-12-5-6-14(17)13-4-3-7-19-16(12)13/h3-7,11H,8-10H2,1-2H3,(H2,18,21). The number of pyridine rings is 1. The number of fused-ring (bicyclic) bond motifs is 1. The van der Waals surface area contributed by atoms with Crippen molar-refractivity contribution in [2.45, 2.75) is 20.4 Å². The van der Waals surface area contributed by atoms with E-state index >= 15 is 0 Å². The number of hydrogen-bond acceptors (Lipinski definition) is 3. The topological polar surface area (TPSA) is 59.2 Å². The van der Waals surface area contributed by atoms with E-state index in [0.717, 1.165) is 23.0 Å². The van der Waals surface area contributed by atoms with Crippen molar-refractivity contribution >= 4 is 28.4 Å². The van der Waals surface area contributed by atoms with Crippen molar-refractivity contribution in [3.63, 3.8) is 0 Å². The first kappa shape index (κ1) is 15.7. The Morgan fingerprint density at radius 2 is 2.14 bits per heavy atom. The van der Waals surface area contributed by atoms with Gasteiger partial charge in [-0.25, -0.2) is 0 Å². The minimum Gasteiger partial charge on any atom is -0.369 e. The number of benzene rings is 1. The smallest absolute Gasteiger partial charge is 0.231 e. The number of halogens is 1. The fraction of sp³-hybridized carbons (Fsp3) is 0.375. The SMILES string of the molecule is CC(C)CN(CC(N)=O)Cc1ccc(Cl)c2cccnc12. The molecule has 0 spiro atoms. The molecule has 1 aromatic heterocycles. The molecule has 2 N–H and O–H groups in total. The number of rotatable bonds is 6. The van der Waals surface area contributed by atoms with Crippen molar-refractivity contribution in [1.82, 2.24) is 9.88 Å². The summed E-state index contributed by atoms with van der Waals surface area (Å²) in [6, 6.07) is 7.66. The molecule has 2 aromatic rings. The van der Waals surface area contributed by atoms with Gasteiger partial charge in [-0.15, -0.1) is 0 Å².